The standard InChI is InChI=1S/C15H8N2O2S/c16-8-10-2-1-3-12(6-10)19-15(18)11-4-5-13-14(7-11)20-9-17-13/h1-7,9H. The molecule has 0 fully saturated rings. The molecule has 1 aromatic heterocycles. The Bertz CT molecular complexity index is 833. The maximum Gasteiger partial charge on any atom is 0.343 e. The summed E-state index contributed by atoms with van der Waals surface area (Å²) < 4.78 is 6.20. The molecule has 0 spiro atoms. The summed E-state index contributed by atoms with van der Waals surface area (Å²) in [5.41, 5.74) is 3.51. The van der Waals surface area contributed by atoms with Gasteiger partial charge in [-0.25, -0.2) is 9.78 Å². The first-order valence-corrected chi connectivity index (χ1v) is 6.70. The fourth-order valence-corrected chi connectivity index (χ4v) is 2.49. The van der Waals surface area contributed by atoms with Gasteiger partial charge in [-0.3, -0.25) is 0 Å². The Balaban J connectivity index is 1.86. The molecule has 1 heterocycles. The van der Waals surface area contributed by atoms with Crippen LogP contribution in [0.15, 0.2) is 48.0 Å². The molecular weight excluding hydrogens is 272 g/mol. The number of rotatable bonds is 2. The lowest BCUT2D eigenvalue weighted by Crippen LogP contribution is -2.08. The van der Waals surface area contributed by atoms with Crippen molar-refractivity contribution in [1.29, 1.82) is 5.26 Å². The topological polar surface area (TPSA) is 63.0 Å². The van der Waals surface area contributed by atoms with Gasteiger partial charge in [0.2, 0.25) is 0 Å². The van der Waals surface area contributed by atoms with Crippen molar-refractivity contribution in [3.63, 3.8) is 0 Å². The molecule has 0 amide bonds. The number of aromatic nitrogens is 1. The summed E-state index contributed by atoms with van der Waals surface area (Å²) in [6.07, 6.45) is 0. The predicted octanol–water partition coefficient (Wildman–Crippen LogP) is 3.39. The molecule has 0 aliphatic heterocycles. The van der Waals surface area contributed by atoms with Crippen LogP contribution in [0, 0.1) is 11.3 Å². The van der Waals surface area contributed by atoms with Crippen LogP contribution >= 0.6 is 11.3 Å². The molecule has 96 valence electrons. The van der Waals surface area contributed by atoms with Gasteiger partial charge in [0.1, 0.15) is 5.75 Å². The lowest BCUT2D eigenvalue weighted by molar-refractivity contribution is 0.0735. The van der Waals surface area contributed by atoms with E-state index in [1.54, 1.807) is 41.9 Å². The zero-order valence-electron chi connectivity index (χ0n) is 10.2. The van der Waals surface area contributed by atoms with E-state index >= 15 is 0 Å². The minimum atomic E-state index is -0.449. The molecule has 0 N–H and O–H groups in total. The van der Waals surface area contributed by atoms with Crippen LogP contribution in [0.2, 0.25) is 0 Å². The van der Waals surface area contributed by atoms with E-state index in [1.807, 2.05) is 6.07 Å². The molecule has 0 saturated carbocycles. The van der Waals surface area contributed by atoms with Crippen molar-refractivity contribution < 1.29 is 9.53 Å². The van der Waals surface area contributed by atoms with Gasteiger partial charge < -0.3 is 4.74 Å². The third kappa shape index (κ3) is 2.37. The second-order valence-electron chi connectivity index (χ2n) is 4.06. The van der Waals surface area contributed by atoms with E-state index in [0.717, 1.165) is 10.2 Å². The number of nitriles is 1. The molecule has 5 heteroatoms. The normalized spacial score (nSPS) is 10.2. The minimum Gasteiger partial charge on any atom is -0.423 e. The van der Waals surface area contributed by atoms with Gasteiger partial charge in [0.05, 0.1) is 32.9 Å². The van der Waals surface area contributed by atoms with Crippen LogP contribution in [-0.2, 0) is 0 Å². The number of carbonyl (C=O) groups excluding carboxylic acids is 1. The number of hydrogen-bond acceptors (Lipinski definition) is 5. The van der Waals surface area contributed by atoms with Crippen molar-refractivity contribution in [3.05, 3.63) is 59.1 Å². The average molecular weight is 280 g/mol. The Labute approximate surface area is 118 Å². The Hall–Kier alpha value is -2.71. The monoisotopic (exact) mass is 280 g/mol. The van der Waals surface area contributed by atoms with Crippen molar-refractivity contribution in [2.45, 2.75) is 0 Å². The molecule has 0 bridgehead atoms. The van der Waals surface area contributed by atoms with Gasteiger partial charge in [-0.15, -0.1) is 11.3 Å². The number of ether oxygens (including phenoxy) is 1. The minimum absolute atomic E-state index is 0.360. The van der Waals surface area contributed by atoms with Gasteiger partial charge in [-0.1, -0.05) is 6.07 Å². The Morgan fingerprint density at radius 3 is 3.00 bits per heavy atom. The lowest BCUT2D eigenvalue weighted by Gasteiger charge is -2.04. The van der Waals surface area contributed by atoms with E-state index < -0.39 is 5.97 Å². The first kappa shape index (κ1) is 12.3. The number of thiazole rings is 1. The van der Waals surface area contributed by atoms with Crippen LogP contribution in [0.5, 0.6) is 5.75 Å². The van der Waals surface area contributed by atoms with Crippen LogP contribution in [0.1, 0.15) is 15.9 Å². The van der Waals surface area contributed by atoms with Gasteiger partial charge >= 0.3 is 5.97 Å². The zero-order valence-corrected chi connectivity index (χ0v) is 11.1. The molecule has 0 aliphatic carbocycles. The van der Waals surface area contributed by atoms with Crippen molar-refractivity contribution in [1.82, 2.24) is 4.98 Å². The fraction of sp³-hybridized carbons (Fsp3) is 0. The van der Waals surface area contributed by atoms with E-state index in [1.165, 1.54) is 17.4 Å². The largest absolute Gasteiger partial charge is 0.423 e. The highest BCUT2D eigenvalue weighted by Crippen LogP contribution is 2.20. The highest BCUT2D eigenvalue weighted by atomic mass is 32.1. The van der Waals surface area contributed by atoms with Gasteiger partial charge in [0.15, 0.2) is 0 Å². The average Bonchev–Trinajstić information content (AvgIpc) is 2.94. The Kier molecular flexibility index (Phi) is 3.15. The van der Waals surface area contributed by atoms with Crippen LogP contribution < -0.4 is 4.74 Å². The zero-order chi connectivity index (χ0) is 13.9. The summed E-state index contributed by atoms with van der Waals surface area (Å²) >= 11 is 1.47. The molecule has 0 aliphatic rings. The summed E-state index contributed by atoms with van der Waals surface area (Å²) in [4.78, 5) is 16.2. The number of hydrogen-bond donors (Lipinski definition) is 0. The molecule has 3 rings (SSSR count). The van der Waals surface area contributed by atoms with Gasteiger partial charge in [0, 0.05) is 0 Å². The molecule has 0 radical (unpaired) electrons. The fourth-order valence-electron chi connectivity index (χ4n) is 1.78. The quantitative estimate of drug-likeness (QED) is 0.533. The highest BCUT2D eigenvalue weighted by Gasteiger charge is 2.10. The lowest BCUT2D eigenvalue weighted by atomic mass is 10.2. The van der Waals surface area contributed by atoms with Crippen molar-refractivity contribution in [2.24, 2.45) is 0 Å². The third-order valence-corrected chi connectivity index (χ3v) is 3.53. The molecule has 0 saturated heterocycles. The maximum atomic E-state index is 12.1. The Morgan fingerprint density at radius 1 is 1.25 bits per heavy atom. The summed E-state index contributed by atoms with van der Waals surface area (Å²) in [7, 11) is 0. The van der Waals surface area contributed by atoms with Crippen molar-refractivity contribution in [3.8, 4) is 11.8 Å². The van der Waals surface area contributed by atoms with E-state index in [-0.39, 0.29) is 0 Å². The SMILES string of the molecule is N#Cc1cccc(OC(=O)c2ccc3ncsc3c2)c1. The number of carbonyl (C=O) groups is 1. The van der Waals surface area contributed by atoms with Gasteiger partial charge in [-0.05, 0) is 36.4 Å². The van der Waals surface area contributed by atoms with Gasteiger partial charge in [-0.2, -0.15) is 5.26 Å². The predicted molar refractivity (Wildman–Crippen MR) is 75.7 cm³/mol. The first-order valence-electron chi connectivity index (χ1n) is 5.82. The van der Waals surface area contributed by atoms with Crippen LogP contribution in [0.3, 0.4) is 0 Å². The van der Waals surface area contributed by atoms with Crippen molar-refractivity contribution >= 4 is 27.5 Å². The van der Waals surface area contributed by atoms with Crippen molar-refractivity contribution in [2.75, 3.05) is 0 Å². The number of benzene rings is 2. The molecular formula is C15H8N2O2S. The Morgan fingerprint density at radius 2 is 2.15 bits per heavy atom. The third-order valence-electron chi connectivity index (χ3n) is 2.74. The van der Waals surface area contributed by atoms with E-state index in [4.69, 9.17) is 10.00 Å². The molecule has 4 nitrogen and oxygen atoms in total. The molecule has 0 atom stereocenters. The van der Waals surface area contributed by atoms with E-state index in [9.17, 15) is 4.79 Å². The molecule has 2 aromatic carbocycles. The van der Waals surface area contributed by atoms with E-state index in [0.29, 0.717) is 16.9 Å². The summed E-state index contributed by atoms with van der Waals surface area (Å²) in [5.74, 6) is -0.0890. The smallest absolute Gasteiger partial charge is 0.343 e. The molecule has 3 aromatic rings. The second-order valence-corrected chi connectivity index (χ2v) is 4.95. The summed E-state index contributed by atoms with van der Waals surface area (Å²) in [6, 6.07) is 13.7. The highest BCUT2D eigenvalue weighted by molar-refractivity contribution is 7.16. The summed E-state index contributed by atoms with van der Waals surface area (Å²) in [6.45, 7) is 0. The number of fused-ring (bicyclic) bond motifs is 1. The van der Waals surface area contributed by atoms with E-state index in [2.05, 4.69) is 4.98 Å². The van der Waals surface area contributed by atoms with Crippen LogP contribution in [-0.4, -0.2) is 11.0 Å². The number of esters is 1. The maximum absolute atomic E-state index is 12.1. The summed E-state index contributed by atoms with van der Waals surface area (Å²) in [5, 5.41) is 8.81. The molecule has 0 unspecified atom stereocenters. The number of nitrogens with zero attached hydrogens (tertiary/aromatic N) is 2. The van der Waals surface area contributed by atoms with Gasteiger partial charge in [0.25, 0.3) is 0 Å². The van der Waals surface area contributed by atoms with Crippen LogP contribution in [0.25, 0.3) is 10.2 Å². The van der Waals surface area contributed by atoms with Crippen LogP contribution in [0.4, 0.5) is 0 Å². The molecule has 20 heavy (non-hydrogen) atoms. The first-order chi connectivity index (χ1) is 9.76. The second kappa shape index (κ2) is 5.11.